The van der Waals surface area contributed by atoms with E-state index < -0.39 is 0 Å². The van der Waals surface area contributed by atoms with Crippen LogP contribution in [0, 0.1) is 0 Å². The summed E-state index contributed by atoms with van der Waals surface area (Å²) in [6.45, 7) is 0.268. The Balaban J connectivity index is 0.00000156. The van der Waals surface area contributed by atoms with Gasteiger partial charge in [-0.15, -0.1) is 12.4 Å². The molecule has 1 N–H and O–H groups in total. The van der Waals surface area contributed by atoms with Gasteiger partial charge in [-0.25, -0.2) is 0 Å². The van der Waals surface area contributed by atoms with Gasteiger partial charge in [0, 0.05) is 25.2 Å². The van der Waals surface area contributed by atoms with Crippen molar-refractivity contribution in [1.29, 1.82) is 0 Å². The maximum Gasteiger partial charge on any atom is 0.231 e. The molecule has 3 aliphatic heterocycles. The number of amides is 1. The lowest BCUT2D eigenvalue weighted by atomic mass is 9.98. The molecule has 1 aromatic rings. The van der Waals surface area contributed by atoms with E-state index in [1.165, 1.54) is 12.8 Å². The number of nitrogens with one attached hydrogen (secondary N) is 1. The lowest BCUT2D eigenvalue weighted by Gasteiger charge is -2.35. The highest BCUT2D eigenvalue weighted by atomic mass is 35.5. The zero-order valence-electron chi connectivity index (χ0n) is 13.3. The molecule has 6 heteroatoms. The van der Waals surface area contributed by atoms with Crippen molar-refractivity contribution < 1.29 is 14.3 Å². The van der Waals surface area contributed by atoms with Crippen LogP contribution in [-0.4, -0.2) is 42.8 Å². The van der Waals surface area contributed by atoms with Gasteiger partial charge in [0.05, 0.1) is 6.42 Å². The average molecular weight is 339 g/mol. The summed E-state index contributed by atoms with van der Waals surface area (Å²) in [4.78, 5) is 14.5. The van der Waals surface area contributed by atoms with Gasteiger partial charge in [0.2, 0.25) is 12.7 Å². The Bertz CT molecular complexity index is 583. The molecule has 0 aromatic heterocycles. The van der Waals surface area contributed by atoms with E-state index in [1.807, 2.05) is 30.1 Å². The van der Waals surface area contributed by atoms with Crippen LogP contribution in [0.2, 0.25) is 0 Å². The molecule has 2 bridgehead atoms. The molecule has 2 unspecified atom stereocenters. The van der Waals surface area contributed by atoms with E-state index in [2.05, 4.69) is 5.32 Å². The molecule has 1 aromatic carbocycles. The lowest BCUT2D eigenvalue weighted by Crippen LogP contribution is -2.49. The van der Waals surface area contributed by atoms with E-state index in [0.717, 1.165) is 29.9 Å². The van der Waals surface area contributed by atoms with Crippen molar-refractivity contribution in [2.75, 3.05) is 13.8 Å². The number of nitrogens with zero attached hydrogens (tertiary/aromatic N) is 1. The molecule has 3 heterocycles. The third-order valence-electron chi connectivity index (χ3n) is 5.18. The molecule has 3 aliphatic rings. The van der Waals surface area contributed by atoms with E-state index in [1.54, 1.807) is 0 Å². The summed E-state index contributed by atoms with van der Waals surface area (Å²) in [5, 5.41) is 3.62. The number of rotatable bonds is 3. The first-order chi connectivity index (χ1) is 10.7. The van der Waals surface area contributed by atoms with Gasteiger partial charge in [-0.3, -0.25) is 4.79 Å². The lowest BCUT2D eigenvalue weighted by molar-refractivity contribution is -0.131. The summed E-state index contributed by atoms with van der Waals surface area (Å²) in [5.41, 5.74) is 0.984. The van der Waals surface area contributed by atoms with Gasteiger partial charge in [-0.1, -0.05) is 6.07 Å². The number of piperidine rings is 1. The maximum atomic E-state index is 12.6. The fourth-order valence-electron chi connectivity index (χ4n) is 3.90. The Morgan fingerprint density at radius 2 is 1.91 bits per heavy atom. The van der Waals surface area contributed by atoms with Crippen molar-refractivity contribution in [1.82, 2.24) is 10.2 Å². The van der Waals surface area contributed by atoms with Crippen molar-refractivity contribution in [2.45, 2.75) is 50.2 Å². The molecule has 126 valence electrons. The summed E-state index contributed by atoms with van der Waals surface area (Å²) in [7, 11) is 1.95. The molecule has 2 saturated heterocycles. The molecule has 0 spiro atoms. The second kappa shape index (κ2) is 6.57. The Hall–Kier alpha value is -1.46. The first-order valence-corrected chi connectivity index (χ1v) is 8.09. The van der Waals surface area contributed by atoms with Gasteiger partial charge in [-0.2, -0.15) is 0 Å². The highest BCUT2D eigenvalue weighted by molar-refractivity contribution is 5.85. The van der Waals surface area contributed by atoms with Gasteiger partial charge in [-0.05, 0) is 43.4 Å². The van der Waals surface area contributed by atoms with E-state index in [9.17, 15) is 4.79 Å². The third-order valence-corrected chi connectivity index (χ3v) is 5.18. The van der Waals surface area contributed by atoms with Gasteiger partial charge in [0.1, 0.15) is 0 Å². The molecule has 2 atom stereocenters. The first-order valence-electron chi connectivity index (χ1n) is 8.09. The number of likely N-dealkylation sites (N-methyl/N-ethyl adjacent to an activating group) is 1. The molecule has 1 amide bonds. The predicted molar refractivity (Wildman–Crippen MR) is 89.3 cm³/mol. The fraction of sp³-hybridized carbons (Fsp3) is 0.588. The van der Waals surface area contributed by atoms with Gasteiger partial charge in [0.15, 0.2) is 11.5 Å². The Labute approximate surface area is 142 Å². The number of ether oxygens (including phenoxy) is 2. The first kappa shape index (κ1) is 16.4. The number of hydrogen-bond acceptors (Lipinski definition) is 4. The van der Waals surface area contributed by atoms with Crippen molar-refractivity contribution in [3.63, 3.8) is 0 Å². The van der Waals surface area contributed by atoms with E-state index >= 15 is 0 Å². The van der Waals surface area contributed by atoms with Crippen LogP contribution in [0.4, 0.5) is 0 Å². The molecule has 5 nitrogen and oxygen atoms in total. The summed E-state index contributed by atoms with van der Waals surface area (Å²) >= 11 is 0. The monoisotopic (exact) mass is 338 g/mol. The Kier molecular flexibility index (Phi) is 4.69. The fourth-order valence-corrected chi connectivity index (χ4v) is 3.90. The highest BCUT2D eigenvalue weighted by Crippen LogP contribution is 2.33. The molecule has 2 fully saturated rings. The molecule has 0 aliphatic carbocycles. The second-order valence-electron chi connectivity index (χ2n) is 6.63. The minimum Gasteiger partial charge on any atom is -0.454 e. The molecule has 4 rings (SSSR count). The minimum atomic E-state index is 0. The zero-order valence-corrected chi connectivity index (χ0v) is 14.1. The largest absolute Gasteiger partial charge is 0.454 e. The summed E-state index contributed by atoms with van der Waals surface area (Å²) < 4.78 is 10.7. The van der Waals surface area contributed by atoms with Gasteiger partial charge in [0.25, 0.3) is 0 Å². The molecule has 0 saturated carbocycles. The quantitative estimate of drug-likeness (QED) is 0.917. The van der Waals surface area contributed by atoms with Crippen LogP contribution in [0.1, 0.15) is 31.2 Å². The van der Waals surface area contributed by atoms with E-state index in [-0.39, 0.29) is 25.1 Å². The molecule has 23 heavy (non-hydrogen) atoms. The second-order valence-corrected chi connectivity index (χ2v) is 6.63. The predicted octanol–water partition coefficient (Wildman–Crippen LogP) is 2.12. The van der Waals surface area contributed by atoms with Crippen molar-refractivity contribution >= 4 is 18.3 Å². The van der Waals surface area contributed by atoms with Gasteiger partial charge < -0.3 is 19.7 Å². The van der Waals surface area contributed by atoms with Crippen molar-refractivity contribution in [3.05, 3.63) is 23.8 Å². The van der Waals surface area contributed by atoms with Crippen molar-refractivity contribution in [3.8, 4) is 11.5 Å². The van der Waals surface area contributed by atoms with Crippen LogP contribution < -0.4 is 14.8 Å². The average Bonchev–Trinajstić information content (AvgIpc) is 3.12. The SMILES string of the molecule is CN(C(=O)Cc1ccc2c(c1)OCO2)C1CC2CCC(C1)N2.Cl. The molecular weight excluding hydrogens is 316 g/mol. The van der Waals surface area contributed by atoms with Gasteiger partial charge >= 0.3 is 0 Å². The number of carbonyl (C=O) groups is 1. The molecule has 0 radical (unpaired) electrons. The Morgan fingerprint density at radius 3 is 2.65 bits per heavy atom. The number of carbonyl (C=O) groups excluding carboxylic acids is 1. The van der Waals surface area contributed by atoms with Crippen LogP contribution >= 0.6 is 12.4 Å². The van der Waals surface area contributed by atoms with Crippen LogP contribution in [0.25, 0.3) is 0 Å². The van der Waals surface area contributed by atoms with Crippen LogP contribution in [0.3, 0.4) is 0 Å². The standard InChI is InChI=1S/C17H22N2O3.ClH/c1-19(14-8-12-3-4-13(9-14)18-12)17(20)7-11-2-5-15-16(6-11)22-10-21-15;/h2,5-6,12-14,18H,3-4,7-10H2,1H3;1H. The maximum absolute atomic E-state index is 12.6. The highest BCUT2D eigenvalue weighted by Gasteiger charge is 2.36. The van der Waals surface area contributed by atoms with Crippen LogP contribution in [0.5, 0.6) is 11.5 Å². The summed E-state index contributed by atoms with van der Waals surface area (Å²) in [6, 6.07) is 7.33. The topological polar surface area (TPSA) is 50.8 Å². The van der Waals surface area contributed by atoms with Crippen LogP contribution in [-0.2, 0) is 11.2 Å². The minimum absolute atomic E-state index is 0. The number of fused-ring (bicyclic) bond motifs is 3. The Morgan fingerprint density at radius 1 is 1.22 bits per heavy atom. The zero-order chi connectivity index (χ0) is 15.1. The number of halogens is 1. The van der Waals surface area contributed by atoms with Crippen LogP contribution in [0.15, 0.2) is 18.2 Å². The van der Waals surface area contributed by atoms with E-state index in [0.29, 0.717) is 24.5 Å². The summed E-state index contributed by atoms with van der Waals surface area (Å²) in [5.74, 6) is 1.69. The van der Waals surface area contributed by atoms with Crippen molar-refractivity contribution in [2.24, 2.45) is 0 Å². The smallest absolute Gasteiger partial charge is 0.231 e. The number of benzene rings is 1. The third kappa shape index (κ3) is 3.26. The van der Waals surface area contributed by atoms with E-state index in [4.69, 9.17) is 9.47 Å². The number of hydrogen-bond donors (Lipinski definition) is 1. The summed E-state index contributed by atoms with van der Waals surface area (Å²) in [6.07, 6.45) is 5.10. The normalized spacial score (nSPS) is 27.4. The molecular formula is C17H23ClN2O3.